The van der Waals surface area contributed by atoms with Crippen molar-refractivity contribution in [2.24, 2.45) is 0 Å². The second kappa shape index (κ2) is 7.75. The Bertz CT molecular complexity index is 1140. The molecule has 2 heterocycles. The van der Waals surface area contributed by atoms with Gasteiger partial charge >= 0.3 is 0 Å². The first-order valence-corrected chi connectivity index (χ1v) is 9.60. The quantitative estimate of drug-likeness (QED) is 0.510. The number of anilines is 1. The Morgan fingerprint density at radius 1 is 1.07 bits per heavy atom. The van der Waals surface area contributed by atoms with Gasteiger partial charge < -0.3 is 5.32 Å². The Balaban J connectivity index is 1.75. The molecule has 6 heteroatoms. The van der Waals surface area contributed by atoms with Gasteiger partial charge in [-0.3, -0.25) is 9.89 Å². The number of para-hydroxylation sites is 1. The Labute approximate surface area is 169 Å². The molecule has 6 nitrogen and oxygen atoms in total. The van der Waals surface area contributed by atoms with Crippen LogP contribution < -0.4 is 5.32 Å². The number of H-pyrrole nitrogens is 1. The summed E-state index contributed by atoms with van der Waals surface area (Å²) in [5.74, 6) is 0.561. The van der Waals surface area contributed by atoms with Crippen molar-refractivity contribution in [3.8, 4) is 16.9 Å². The monoisotopic (exact) mass is 385 g/mol. The van der Waals surface area contributed by atoms with Gasteiger partial charge in [-0.05, 0) is 30.5 Å². The van der Waals surface area contributed by atoms with Gasteiger partial charge in [0.25, 0.3) is 5.91 Å². The first-order chi connectivity index (χ1) is 14.0. The summed E-state index contributed by atoms with van der Waals surface area (Å²) < 4.78 is 1.74. The highest BCUT2D eigenvalue weighted by Gasteiger charge is 2.20. The van der Waals surface area contributed by atoms with Crippen molar-refractivity contribution >= 4 is 11.7 Å². The maximum absolute atomic E-state index is 13.1. The molecule has 0 bridgehead atoms. The van der Waals surface area contributed by atoms with E-state index in [4.69, 9.17) is 5.10 Å². The molecule has 0 radical (unpaired) electrons. The highest BCUT2D eigenvalue weighted by molar-refractivity contribution is 6.07. The van der Waals surface area contributed by atoms with Gasteiger partial charge in [0.2, 0.25) is 0 Å². The Kier molecular flexibility index (Phi) is 4.99. The molecule has 0 unspecified atom stereocenters. The molecule has 0 aliphatic rings. The smallest absolute Gasteiger partial charge is 0.260 e. The fourth-order valence-electron chi connectivity index (χ4n) is 3.17. The predicted octanol–water partition coefficient (Wildman–Crippen LogP) is 4.95. The molecule has 2 aromatic carbocycles. The van der Waals surface area contributed by atoms with Gasteiger partial charge in [0.15, 0.2) is 5.82 Å². The SMILES string of the molecule is Cc1ccccc1-c1nn(-c2ccccc2)cc1C(=O)Nc1cc(C(C)C)[nH]n1. The standard InChI is InChI=1S/C23H23N5O/c1-15(2)20-13-21(26-25-20)24-23(29)19-14-28(17-10-5-4-6-11-17)27-22(19)18-12-8-7-9-16(18)3/h4-15H,1-3H3,(H2,24,25,26,29). The molecule has 4 aromatic rings. The van der Waals surface area contributed by atoms with Crippen molar-refractivity contribution in [1.82, 2.24) is 20.0 Å². The van der Waals surface area contributed by atoms with Crippen molar-refractivity contribution in [2.75, 3.05) is 5.32 Å². The van der Waals surface area contributed by atoms with E-state index in [2.05, 4.69) is 29.4 Å². The summed E-state index contributed by atoms with van der Waals surface area (Å²) in [6, 6.07) is 19.5. The third-order valence-corrected chi connectivity index (χ3v) is 4.84. The highest BCUT2D eigenvalue weighted by atomic mass is 16.1. The van der Waals surface area contributed by atoms with E-state index in [0.29, 0.717) is 23.0 Å². The van der Waals surface area contributed by atoms with Crippen LogP contribution in [0.4, 0.5) is 5.82 Å². The Morgan fingerprint density at radius 2 is 1.79 bits per heavy atom. The summed E-state index contributed by atoms with van der Waals surface area (Å²) in [6.45, 7) is 6.15. The third kappa shape index (κ3) is 3.82. The van der Waals surface area contributed by atoms with Gasteiger partial charge in [0.1, 0.15) is 5.69 Å². The van der Waals surface area contributed by atoms with Gasteiger partial charge in [0.05, 0.1) is 11.3 Å². The third-order valence-electron chi connectivity index (χ3n) is 4.84. The van der Waals surface area contributed by atoms with Crippen molar-refractivity contribution in [1.29, 1.82) is 0 Å². The zero-order valence-electron chi connectivity index (χ0n) is 16.7. The number of nitrogens with one attached hydrogen (secondary N) is 2. The van der Waals surface area contributed by atoms with Crippen LogP contribution in [0.2, 0.25) is 0 Å². The van der Waals surface area contributed by atoms with Crippen LogP contribution in [-0.4, -0.2) is 25.9 Å². The minimum absolute atomic E-state index is 0.243. The molecule has 2 N–H and O–H groups in total. The lowest BCUT2D eigenvalue weighted by atomic mass is 10.0. The molecular formula is C23H23N5O. The van der Waals surface area contributed by atoms with E-state index in [1.54, 1.807) is 10.9 Å². The summed E-state index contributed by atoms with van der Waals surface area (Å²) in [6.07, 6.45) is 1.77. The molecule has 0 aliphatic heterocycles. The molecule has 2 aromatic heterocycles. The van der Waals surface area contributed by atoms with Crippen LogP contribution in [0.25, 0.3) is 16.9 Å². The lowest BCUT2D eigenvalue weighted by Gasteiger charge is -2.05. The van der Waals surface area contributed by atoms with Crippen LogP contribution in [0.5, 0.6) is 0 Å². The minimum Gasteiger partial charge on any atom is -0.305 e. The van der Waals surface area contributed by atoms with E-state index in [9.17, 15) is 4.79 Å². The number of rotatable bonds is 5. The van der Waals surface area contributed by atoms with Gasteiger partial charge in [-0.1, -0.05) is 56.3 Å². The topological polar surface area (TPSA) is 75.6 Å². The summed E-state index contributed by atoms with van der Waals surface area (Å²) in [5, 5.41) is 14.8. The molecule has 1 amide bonds. The lowest BCUT2D eigenvalue weighted by molar-refractivity contribution is 0.102. The number of benzene rings is 2. The van der Waals surface area contributed by atoms with Gasteiger partial charge in [-0.15, -0.1) is 0 Å². The number of aromatic amines is 1. The maximum atomic E-state index is 13.1. The summed E-state index contributed by atoms with van der Waals surface area (Å²) in [7, 11) is 0. The van der Waals surface area contributed by atoms with Crippen LogP contribution in [-0.2, 0) is 0 Å². The van der Waals surface area contributed by atoms with E-state index in [-0.39, 0.29) is 5.91 Å². The number of nitrogens with zero attached hydrogens (tertiary/aromatic N) is 3. The van der Waals surface area contributed by atoms with Crippen LogP contribution >= 0.6 is 0 Å². The van der Waals surface area contributed by atoms with Crippen molar-refractivity contribution in [3.05, 3.63) is 83.7 Å². The van der Waals surface area contributed by atoms with Crippen LogP contribution in [0.1, 0.15) is 41.4 Å². The van der Waals surface area contributed by atoms with E-state index >= 15 is 0 Å². The predicted molar refractivity (Wildman–Crippen MR) is 114 cm³/mol. The zero-order chi connectivity index (χ0) is 20.4. The fraction of sp³-hybridized carbons (Fsp3) is 0.174. The summed E-state index contributed by atoms with van der Waals surface area (Å²) in [5.41, 5.74) is 4.99. The molecule has 0 saturated carbocycles. The van der Waals surface area contributed by atoms with Crippen molar-refractivity contribution in [3.63, 3.8) is 0 Å². The largest absolute Gasteiger partial charge is 0.305 e. The molecule has 146 valence electrons. The summed E-state index contributed by atoms with van der Waals surface area (Å²) in [4.78, 5) is 13.1. The second-order valence-corrected chi connectivity index (χ2v) is 7.30. The van der Waals surface area contributed by atoms with Crippen LogP contribution in [0.3, 0.4) is 0 Å². The van der Waals surface area contributed by atoms with Gasteiger partial charge in [-0.25, -0.2) is 4.68 Å². The number of hydrogen-bond donors (Lipinski definition) is 2. The maximum Gasteiger partial charge on any atom is 0.260 e. The zero-order valence-corrected chi connectivity index (χ0v) is 16.7. The Hall–Kier alpha value is -3.67. The van der Waals surface area contributed by atoms with E-state index in [0.717, 1.165) is 22.5 Å². The molecule has 0 aliphatic carbocycles. The first kappa shape index (κ1) is 18.7. The number of aromatic nitrogens is 4. The van der Waals surface area contributed by atoms with E-state index in [1.165, 1.54) is 0 Å². The number of carbonyl (C=O) groups is 1. The Morgan fingerprint density at radius 3 is 2.48 bits per heavy atom. The molecule has 29 heavy (non-hydrogen) atoms. The fourth-order valence-corrected chi connectivity index (χ4v) is 3.17. The highest BCUT2D eigenvalue weighted by Crippen LogP contribution is 2.27. The van der Waals surface area contributed by atoms with Gasteiger partial charge in [-0.2, -0.15) is 10.2 Å². The first-order valence-electron chi connectivity index (χ1n) is 9.60. The number of amides is 1. The number of aryl methyl sites for hydroxylation is 1. The lowest BCUT2D eigenvalue weighted by Crippen LogP contribution is -2.12. The average molecular weight is 385 g/mol. The van der Waals surface area contributed by atoms with Gasteiger partial charge in [0, 0.05) is 23.5 Å². The second-order valence-electron chi connectivity index (χ2n) is 7.30. The van der Waals surface area contributed by atoms with Crippen molar-refractivity contribution < 1.29 is 4.79 Å². The van der Waals surface area contributed by atoms with Crippen LogP contribution in [0.15, 0.2) is 66.9 Å². The summed E-state index contributed by atoms with van der Waals surface area (Å²) >= 11 is 0. The molecule has 0 fully saturated rings. The molecule has 0 saturated heterocycles. The average Bonchev–Trinajstić information content (AvgIpc) is 3.36. The molecule has 0 spiro atoms. The van der Waals surface area contributed by atoms with Crippen molar-refractivity contribution in [2.45, 2.75) is 26.7 Å². The van der Waals surface area contributed by atoms with E-state index in [1.807, 2.05) is 67.6 Å². The number of hydrogen-bond acceptors (Lipinski definition) is 3. The molecular weight excluding hydrogens is 362 g/mol. The molecule has 0 atom stereocenters. The normalized spacial score (nSPS) is 11.0. The van der Waals surface area contributed by atoms with E-state index < -0.39 is 0 Å². The number of carbonyl (C=O) groups excluding carboxylic acids is 1. The minimum atomic E-state index is -0.243. The molecule has 4 rings (SSSR count). The van der Waals surface area contributed by atoms with Crippen LogP contribution in [0, 0.1) is 6.92 Å².